The maximum absolute atomic E-state index is 13.1. The van der Waals surface area contributed by atoms with Gasteiger partial charge in [0.15, 0.2) is 5.82 Å². The number of amides is 2. The van der Waals surface area contributed by atoms with Gasteiger partial charge in [-0.2, -0.15) is 5.10 Å². The number of anilines is 2. The SMILES string of the molecule is COCCOC(=O)N1CC[C@@H](n2cc(C(N)=O)c(Nc3ccc(F)cc3)n2)[C@H](N)C1. The summed E-state index contributed by atoms with van der Waals surface area (Å²) in [5.74, 6) is -0.777. The third-order valence-corrected chi connectivity index (χ3v) is 4.84. The van der Waals surface area contributed by atoms with Gasteiger partial charge in [0, 0.05) is 38.1 Å². The molecule has 2 amide bonds. The first-order valence-corrected chi connectivity index (χ1v) is 9.46. The smallest absolute Gasteiger partial charge is 0.409 e. The van der Waals surface area contributed by atoms with E-state index >= 15 is 0 Å². The summed E-state index contributed by atoms with van der Waals surface area (Å²) >= 11 is 0. The minimum Gasteiger partial charge on any atom is -0.447 e. The van der Waals surface area contributed by atoms with Crippen molar-refractivity contribution in [3.8, 4) is 0 Å². The molecule has 1 aromatic carbocycles. The number of methoxy groups -OCH3 is 1. The van der Waals surface area contributed by atoms with E-state index in [1.807, 2.05) is 0 Å². The number of nitrogens with one attached hydrogen (secondary N) is 1. The summed E-state index contributed by atoms with van der Waals surface area (Å²) in [6.07, 6.45) is 1.61. The predicted octanol–water partition coefficient (Wildman–Crippen LogP) is 1.22. The molecule has 5 N–H and O–H groups in total. The molecule has 0 unspecified atom stereocenters. The first-order valence-electron chi connectivity index (χ1n) is 9.46. The number of nitrogens with two attached hydrogens (primary N) is 2. The second kappa shape index (κ2) is 9.55. The van der Waals surface area contributed by atoms with Gasteiger partial charge in [-0.1, -0.05) is 0 Å². The van der Waals surface area contributed by atoms with Crippen molar-refractivity contribution in [3.05, 3.63) is 41.8 Å². The molecule has 0 spiro atoms. The molecule has 1 saturated heterocycles. The Bertz CT molecular complexity index is 888. The maximum Gasteiger partial charge on any atom is 0.409 e. The Morgan fingerprint density at radius 3 is 2.67 bits per heavy atom. The number of carbonyl (C=O) groups is 2. The zero-order valence-electron chi connectivity index (χ0n) is 16.6. The summed E-state index contributed by atoms with van der Waals surface area (Å²) in [7, 11) is 1.53. The average Bonchev–Trinajstić information content (AvgIpc) is 3.13. The molecule has 3 rings (SSSR count). The second-order valence-corrected chi connectivity index (χ2v) is 6.94. The van der Waals surface area contributed by atoms with Crippen molar-refractivity contribution < 1.29 is 23.5 Å². The number of likely N-dealkylation sites (tertiary alicyclic amines) is 1. The molecule has 2 aromatic rings. The number of aromatic nitrogens is 2. The van der Waals surface area contributed by atoms with Crippen molar-refractivity contribution >= 4 is 23.5 Å². The largest absolute Gasteiger partial charge is 0.447 e. The molecule has 30 heavy (non-hydrogen) atoms. The summed E-state index contributed by atoms with van der Waals surface area (Å²) in [6.45, 7) is 1.20. The van der Waals surface area contributed by atoms with Gasteiger partial charge in [0.1, 0.15) is 18.0 Å². The van der Waals surface area contributed by atoms with Gasteiger partial charge in [0.2, 0.25) is 0 Å². The highest BCUT2D eigenvalue weighted by Gasteiger charge is 2.32. The molecule has 1 aliphatic heterocycles. The fourth-order valence-electron chi connectivity index (χ4n) is 3.27. The lowest BCUT2D eigenvalue weighted by atomic mass is 10.0. The molecule has 2 heterocycles. The first kappa shape index (κ1) is 21.5. The number of carbonyl (C=O) groups excluding carboxylic acids is 2. The lowest BCUT2D eigenvalue weighted by Crippen LogP contribution is -2.51. The van der Waals surface area contributed by atoms with E-state index in [2.05, 4.69) is 10.4 Å². The highest BCUT2D eigenvalue weighted by atomic mass is 19.1. The van der Waals surface area contributed by atoms with Gasteiger partial charge in [0.05, 0.1) is 12.6 Å². The van der Waals surface area contributed by atoms with Crippen molar-refractivity contribution in [1.82, 2.24) is 14.7 Å². The quantitative estimate of drug-likeness (QED) is 0.573. The van der Waals surface area contributed by atoms with E-state index in [-0.39, 0.29) is 36.4 Å². The zero-order chi connectivity index (χ0) is 21.7. The van der Waals surface area contributed by atoms with E-state index in [4.69, 9.17) is 20.9 Å². The van der Waals surface area contributed by atoms with Crippen LogP contribution in [-0.4, -0.2) is 66.1 Å². The minimum absolute atomic E-state index is 0.171. The standard InChI is InChI=1S/C19H25FN6O4/c1-29-8-9-30-19(28)25-7-6-16(15(21)11-25)26-10-14(17(22)27)18(24-26)23-13-4-2-12(20)3-5-13/h2-5,10,15-16H,6-9,11,21H2,1H3,(H2,22,27)(H,23,24)/t15-,16-/m1/s1. The molecular formula is C19H25FN6O4. The van der Waals surface area contributed by atoms with E-state index in [9.17, 15) is 14.0 Å². The van der Waals surface area contributed by atoms with Gasteiger partial charge in [-0.15, -0.1) is 0 Å². The molecule has 0 aliphatic carbocycles. The molecule has 10 nitrogen and oxygen atoms in total. The minimum atomic E-state index is -0.654. The van der Waals surface area contributed by atoms with Crippen LogP contribution in [0.2, 0.25) is 0 Å². The van der Waals surface area contributed by atoms with Gasteiger partial charge in [-0.05, 0) is 30.7 Å². The monoisotopic (exact) mass is 420 g/mol. The van der Waals surface area contributed by atoms with Crippen LogP contribution in [0.1, 0.15) is 22.8 Å². The predicted molar refractivity (Wildman–Crippen MR) is 107 cm³/mol. The molecular weight excluding hydrogens is 395 g/mol. The highest BCUT2D eigenvalue weighted by Crippen LogP contribution is 2.26. The van der Waals surface area contributed by atoms with E-state index in [0.717, 1.165) is 0 Å². The third kappa shape index (κ3) is 5.05. The molecule has 1 fully saturated rings. The molecule has 11 heteroatoms. The van der Waals surface area contributed by atoms with Crippen molar-refractivity contribution in [1.29, 1.82) is 0 Å². The Morgan fingerprint density at radius 1 is 1.30 bits per heavy atom. The van der Waals surface area contributed by atoms with E-state index < -0.39 is 18.0 Å². The number of ether oxygens (including phenoxy) is 2. The van der Waals surface area contributed by atoms with Gasteiger partial charge < -0.3 is 31.2 Å². The number of primary amides is 1. The summed E-state index contributed by atoms with van der Waals surface area (Å²) in [5, 5.41) is 7.41. The fourth-order valence-corrected chi connectivity index (χ4v) is 3.27. The highest BCUT2D eigenvalue weighted by molar-refractivity contribution is 5.98. The Morgan fingerprint density at radius 2 is 2.03 bits per heavy atom. The van der Waals surface area contributed by atoms with Crippen LogP contribution in [0, 0.1) is 5.82 Å². The van der Waals surface area contributed by atoms with Gasteiger partial charge >= 0.3 is 6.09 Å². The molecule has 0 radical (unpaired) electrons. The topological polar surface area (TPSA) is 138 Å². The van der Waals surface area contributed by atoms with Crippen LogP contribution in [0.25, 0.3) is 0 Å². The Labute approximate surface area is 172 Å². The number of hydrogen-bond acceptors (Lipinski definition) is 7. The summed E-state index contributed by atoms with van der Waals surface area (Å²) in [4.78, 5) is 25.5. The van der Waals surface area contributed by atoms with Crippen molar-refractivity contribution in [3.63, 3.8) is 0 Å². The number of hydrogen-bond donors (Lipinski definition) is 3. The number of piperidine rings is 1. The van der Waals surface area contributed by atoms with E-state index in [1.165, 1.54) is 42.5 Å². The first-order chi connectivity index (χ1) is 14.4. The molecule has 0 saturated carbocycles. The van der Waals surface area contributed by atoms with Crippen LogP contribution in [0.4, 0.5) is 20.7 Å². The van der Waals surface area contributed by atoms with Crippen LogP contribution in [0.15, 0.2) is 30.5 Å². The van der Waals surface area contributed by atoms with Gasteiger partial charge in [0.25, 0.3) is 5.91 Å². The number of nitrogens with zero attached hydrogens (tertiary/aromatic N) is 3. The lowest BCUT2D eigenvalue weighted by Gasteiger charge is -2.36. The van der Waals surface area contributed by atoms with Crippen LogP contribution in [0.5, 0.6) is 0 Å². The molecule has 0 bridgehead atoms. The van der Waals surface area contributed by atoms with Crippen LogP contribution >= 0.6 is 0 Å². The van der Waals surface area contributed by atoms with Crippen LogP contribution < -0.4 is 16.8 Å². The normalized spacial score (nSPS) is 18.8. The van der Waals surface area contributed by atoms with E-state index in [0.29, 0.717) is 25.3 Å². The van der Waals surface area contributed by atoms with Crippen molar-refractivity contribution in [2.24, 2.45) is 11.5 Å². The fraction of sp³-hybridized carbons (Fsp3) is 0.421. The zero-order valence-corrected chi connectivity index (χ0v) is 16.6. The van der Waals surface area contributed by atoms with Crippen molar-refractivity contribution in [2.75, 3.05) is 38.7 Å². The van der Waals surface area contributed by atoms with Crippen molar-refractivity contribution in [2.45, 2.75) is 18.5 Å². The number of benzene rings is 1. The van der Waals surface area contributed by atoms with Crippen LogP contribution in [0.3, 0.4) is 0 Å². The summed E-state index contributed by atoms with van der Waals surface area (Å²) in [6, 6.07) is 4.97. The van der Waals surface area contributed by atoms with Crippen LogP contribution in [-0.2, 0) is 9.47 Å². The van der Waals surface area contributed by atoms with E-state index in [1.54, 1.807) is 4.68 Å². The number of halogens is 1. The Hall–Kier alpha value is -3.18. The molecule has 162 valence electrons. The summed E-state index contributed by atoms with van der Waals surface area (Å²) in [5.41, 5.74) is 12.5. The van der Waals surface area contributed by atoms with Gasteiger partial charge in [-0.3, -0.25) is 9.48 Å². The maximum atomic E-state index is 13.1. The molecule has 1 aliphatic rings. The lowest BCUT2D eigenvalue weighted by molar-refractivity contribution is 0.0593. The molecule has 1 aromatic heterocycles. The average molecular weight is 420 g/mol. The Balaban J connectivity index is 1.70. The van der Waals surface area contributed by atoms with Gasteiger partial charge in [-0.25, -0.2) is 9.18 Å². The summed E-state index contributed by atoms with van der Waals surface area (Å²) < 4.78 is 24.7. The Kier molecular flexibility index (Phi) is 6.85. The second-order valence-electron chi connectivity index (χ2n) is 6.94. The molecule has 2 atom stereocenters. The number of rotatable bonds is 7. The third-order valence-electron chi connectivity index (χ3n) is 4.84.